The Morgan fingerprint density at radius 3 is 2.84 bits per heavy atom. The van der Waals surface area contributed by atoms with Crippen molar-refractivity contribution in [3.8, 4) is 11.5 Å². The van der Waals surface area contributed by atoms with Crippen LogP contribution in [0, 0.1) is 0 Å². The molecule has 0 aromatic heterocycles. The van der Waals surface area contributed by atoms with E-state index in [-0.39, 0.29) is 6.10 Å². The van der Waals surface area contributed by atoms with E-state index in [1.54, 1.807) is 7.11 Å². The van der Waals surface area contributed by atoms with Crippen molar-refractivity contribution in [3.05, 3.63) is 23.8 Å². The number of ether oxygens (including phenoxy) is 3. The van der Waals surface area contributed by atoms with Gasteiger partial charge in [-0.1, -0.05) is 0 Å². The molecule has 3 rings (SSSR count). The molecule has 138 valence electrons. The molecular weight excluding hydrogens is 318 g/mol. The zero-order valence-electron chi connectivity index (χ0n) is 15.0. The van der Waals surface area contributed by atoms with Gasteiger partial charge < -0.3 is 25.3 Å². The van der Waals surface area contributed by atoms with Crippen molar-refractivity contribution >= 4 is 5.96 Å². The summed E-state index contributed by atoms with van der Waals surface area (Å²) in [4.78, 5) is 4.45. The van der Waals surface area contributed by atoms with Crippen molar-refractivity contribution in [3.63, 3.8) is 0 Å². The molecule has 1 aliphatic heterocycles. The summed E-state index contributed by atoms with van der Waals surface area (Å²) >= 11 is 0. The number of rotatable bonds is 7. The van der Waals surface area contributed by atoms with Gasteiger partial charge in [0.05, 0.1) is 25.9 Å². The second-order valence-electron chi connectivity index (χ2n) is 6.72. The highest BCUT2D eigenvalue weighted by Crippen LogP contribution is 2.30. The minimum atomic E-state index is 0.246. The third-order valence-corrected chi connectivity index (χ3v) is 4.82. The third kappa shape index (κ3) is 5.26. The fourth-order valence-corrected chi connectivity index (χ4v) is 3.34. The minimum absolute atomic E-state index is 0.246. The van der Waals surface area contributed by atoms with Crippen LogP contribution >= 0.6 is 0 Å². The summed E-state index contributed by atoms with van der Waals surface area (Å²) in [6.45, 7) is 2.04. The average Bonchev–Trinajstić information content (AvgIpc) is 3.32. The van der Waals surface area contributed by atoms with Gasteiger partial charge in [0, 0.05) is 24.8 Å². The topological polar surface area (TPSA) is 78.1 Å². The van der Waals surface area contributed by atoms with Crippen LogP contribution in [0.3, 0.4) is 0 Å². The SMILES string of the molecule is COc1ccc(CN=C(N)NCC2CCCO2)c(OC2CCCC2)c1. The smallest absolute Gasteiger partial charge is 0.189 e. The molecule has 1 aliphatic carbocycles. The Balaban J connectivity index is 1.60. The lowest BCUT2D eigenvalue weighted by molar-refractivity contribution is 0.114. The lowest BCUT2D eigenvalue weighted by Crippen LogP contribution is -2.37. The van der Waals surface area contributed by atoms with E-state index in [1.807, 2.05) is 18.2 Å². The van der Waals surface area contributed by atoms with Crippen LogP contribution in [-0.2, 0) is 11.3 Å². The van der Waals surface area contributed by atoms with E-state index in [4.69, 9.17) is 19.9 Å². The molecular formula is C19H29N3O3. The van der Waals surface area contributed by atoms with Crippen molar-refractivity contribution in [1.82, 2.24) is 5.32 Å². The molecule has 25 heavy (non-hydrogen) atoms. The standard InChI is InChI=1S/C19H29N3O3/c1-23-16-9-8-14(18(11-16)25-15-5-2-3-6-15)12-21-19(20)22-13-17-7-4-10-24-17/h8-9,11,15,17H,2-7,10,12-13H2,1H3,(H3,20,21,22). The first-order chi connectivity index (χ1) is 12.2. The van der Waals surface area contributed by atoms with Gasteiger partial charge in [0.25, 0.3) is 0 Å². The Morgan fingerprint density at radius 1 is 1.28 bits per heavy atom. The van der Waals surface area contributed by atoms with Gasteiger partial charge in [0.2, 0.25) is 0 Å². The van der Waals surface area contributed by atoms with Crippen LogP contribution in [0.2, 0.25) is 0 Å². The molecule has 1 heterocycles. The maximum absolute atomic E-state index is 6.19. The van der Waals surface area contributed by atoms with Gasteiger partial charge in [-0.05, 0) is 50.7 Å². The van der Waals surface area contributed by atoms with E-state index in [9.17, 15) is 0 Å². The number of aliphatic imine (C=N–C) groups is 1. The van der Waals surface area contributed by atoms with E-state index >= 15 is 0 Å². The average molecular weight is 347 g/mol. The number of nitrogens with zero attached hydrogens (tertiary/aromatic N) is 1. The molecule has 1 saturated heterocycles. The van der Waals surface area contributed by atoms with Crippen LogP contribution < -0.4 is 20.5 Å². The third-order valence-electron chi connectivity index (χ3n) is 4.82. The first-order valence-corrected chi connectivity index (χ1v) is 9.23. The molecule has 1 atom stereocenters. The van der Waals surface area contributed by atoms with E-state index in [1.165, 1.54) is 12.8 Å². The maximum Gasteiger partial charge on any atom is 0.189 e. The fraction of sp³-hybridized carbons (Fsp3) is 0.632. The molecule has 0 amide bonds. The Kier molecular flexibility index (Phi) is 6.39. The number of methoxy groups -OCH3 is 1. The van der Waals surface area contributed by atoms with Gasteiger partial charge in [-0.2, -0.15) is 0 Å². The maximum atomic E-state index is 6.19. The summed E-state index contributed by atoms with van der Waals surface area (Å²) in [5.41, 5.74) is 7.01. The zero-order valence-corrected chi connectivity index (χ0v) is 15.0. The molecule has 2 fully saturated rings. The van der Waals surface area contributed by atoms with Crippen molar-refractivity contribution in [2.75, 3.05) is 20.3 Å². The summed E-state index contributed by atoms with van der Waals surface area (Å²) in [7, 11) is 1.67. The molecule has 0 radical (unpaired) electrons. The number of nitrogens with two attached hydrogens (primary N) is 1. The molecule has 1 aromatic carbocycles. The van der Waals surface area contributed by atoms with Gasteiger partial charge in [0.15, 0.2) is 5.96 Å². The monoisotopic (exact) mass is 347 g/mol. The number of hydrogen-bond donors (Lipinski definition) is 2. The first-order valence-electron chi connectivity index (χ1n) is 9.23. The quantitative estimate of drug-likeness (QED) is 0.585. The van der Waals surface area contributed by atoms with E-state index in [2.05, 4.69) is 10.3 Å². The van der Waals surface area contributed by atoms with Gasteiger partial charge in [-0.3, -0.25) is 0 Å². The molecule has 6 heteroatoms. The second-order valence-corrected chi connectivity index (χ2v) is 6.72. The normalized spacial score (nSPS) is 21.5. The molecule has 1 aromatic rings. The molecule has 3 N–H and O–H groups in total. The number of nitrogens with one attached hydrogen (secondary N) is 1. The molecule has 2 aliphatic rings. The molecule has 0 spiro atoms. The van der Waals surface area contributed by atoms with Crippen LogP contribution in [0.4, 0.5) is 0 Å². The van der Waals surface area contributed by atoms with E-state index < -0.39 is 0 Å². The van der Waals surface area contributed by atoms with Gasteiger partial charge in [-0.25, -0.2) is 4.99 Å². The predicted octanol–water partition coefficient (Wildman–Crippen LogP) is 2.60. The van der Waals surface area contributed by atoms with Crippen LogP contribution in [0.1, 0.15) is 44.1 Å². The molecule has 1 saturated carbocycles. The summed E-state index contributed by atoms with van der Waals surface area (Å²) in [6, 6.07) is 5.88. The van der Waals surface area contributed by atoms with E-state index in [0.29, 0.717) is 25.2 Å². The van der Waals surface area contributed by atoms with Crippen LogP contribution in [-0.4, -0.2) is 38.4 Å². The highest BCUT2D eigenvalue weighted by molar-refractivity contribution is 5.77. The van der Waals surface area contributed by atoms with Crippen molar-refractivity contribution in [2.24, 2.45) is 10.7 Å². The van der Waals surface area contributed by atoms with Crippen LogP contribution in [0.25, 0.3) is 0 Å². The summed E-state index contributed by atoms with van der Waals surface area (Å²) in [5, 5.41) is 3.15. The summed E-state index contributed by atoms with van der Waals surface area (Å²) in [6.07, 6.45) is 7.45. The highest BCUT2D eigenvalue weighted by Gasteiger charge is 2.18. The van der Waals surface area contributed by atoms with Crippen molar-refractivity contribution in [2.45, 2.75) is 57.3 Å². The van der Waals surface area contributed by atoms with Gasteiger partial charge in [0.1, 0.15) is 11.5 Å². The second kappa shape index (κ2) is 8.94. The van der Waals surface area contributed by atoms with Gasteiger partial charge in [-0.15, -0.1) is 0 Å². The molecule has 6 nitrogen and oxygen atoms in total. The minimum Gasteiger partial charge on any atom is -0.497 e. The van der Waals surface area contributed by atoms with E-state index in [0.717, 1.165) is 49.4 Å². The summed E-state index contributed by atoms with van der Waals surface area (Å²) in [5.74, 6) is 2.09. The molecule has 1 unspecified atom stereocenters. The largest absolute Gasteiger partial charge is 0.497 e. The van der Waals surface area contributed by atoms with Gasteiger partial charge >= 0.3 is 0 Å². The fourth-order valence-electron chi connectivity index (χ4n) is 3.34. The zero-order chi connectivity index (χ0) is 17.5. The first kappa shape index (κ1) is 17.9. The number of guanidine groups is 1. The van der Waals surface area contributed by atoms with Crippen LogP contribution in [0.5, 0.6) is 11.5 Å². The van der Waals surface area contributed by atoms with Crippen LogP contribution in [0.15, 0.2) is 23.2 Å². The Bertz CT molecular complexity index is 579. The number of hydrogen-bond acceptors (Lipinski definition) is 4. The lowest BCUT2D eigenvalue weighted by atomic mass is 10.2. The molecule has 0 bridgehead atoms. The lowest BCUT2D eigenvalue weighted by Gasteiger charge is -2.17. The highest BCUT2D eigenvalue weighted by atomic mass is 16.5. The van der Waals surface area contributed by atoms with Crippen molar-refractivity contribution in [1.29, 1.82) is 0 Å². The Labute approximate surface area is 149 Å². The predicted molar refractivity (Wildman–Crippen MR) is 98.2 cm³/mol. The summed E-state index contributed by atoms with van der Waals surface area (Å²) < 4.78 is 17.1. The number of benzene rings is 1. The van der Waals surface area contributed by atoms with Crippen molar-refractivity contribution < 1.29 is 14.2 Å². The Morgan fingerprint density at radius 2 is 2.12 bits per heavy atom. The Hall–Kier alpha value is -1.95.